The highest BCUT2D eigenvalue weighted by molar-refractivity contribution is 9.10. The minimum Gasteiger partial charge on any atom is -0.291 e. The largest absolute Gasteiger partial charge is 0.291 e. The van der Waals surface area contributed by atoms with E-state index >= 15 is 0 Å². The van der Waals surface area contributed by atoms with Crippen LogP contribution in [0.3, 0.4) is 0 Å². The number of aromatic nitrogens is 1. The first-order chi connectivity index (χ1) is 6.18. The van der Waals surface area contributed by atoms with Gasteiger partial charge in [0.25, 0.3) is 0 Å². The van der Waals surface area contributed by atoms with E-state index in [1.807, 2.05) is 18.3 Å². The Bertz CT molecular complexity index is 277. The fourth-order valence-corrected chi connectivity index (χ4v) is 1.06. The van der Waals surface area contributed by atoms with Crippen molar-refractivity contribution in [3.63, 3.8) is 0 Å². The van der Waals surface area contributed by atoms with Crippen molar-refractivity contribution in [1.82, 2.24) is 4.98 Å². The van der Waals surface area contributed by atoms with Crippen LogP contribution in [0.4, 0.5) is 0 Å². The lowest BCUT2D eigenvalue weighted by molar-refractivity contribution is 0.667. The lowest BCUT2D eigenvalue weighted by Crippen LogP contribution is -1.93. The molecule has 0 saturated carbocycles. The normalized spacial score (nSPS) is 11.4. The molecule has 0 amide bonds. The van der Waals surface area contributed by atoms with Crippen LogP contribution >= 0.6 is 15.9 Å². The molecule has 0 fully saturated rings. The van der Waals surface area contributed by atoms with Gasteiger partial charge in [0, 0.05) is 23.4 Å². The second-order valence-corrected chi connectivity index (χ2v) is 4.21. The minimum atomic E-state index is 0.603. The predicted molar refractivity (Wildman–Crippen MR) is 59.2 cm³/mol. The van der Waals surface area contributed by atoms with Crippen molar-refractivity contribution in [3.05, 3.63) is 28.5 Å². The average Bonchev–Trinajstić information content (AvgIpc) is 2.08. The van der Waals surface area contributed by atoms with Crippen LogP contribution in [-0.2, 0) is 0 Å². The van der Waals surface area contributed by atoms with Gasteiger partial charge in [-0.05, 0) is 34.0 Å². The summed E-state index contributed by atoms with van der Waals surface area (Å²) in [6, 6.07) is 3.90. The molecule has 0 spiro atoms. The molecule has 0 aliphatic rings. The van der Waals surface area contributed by atoms with Crippen molar-refractivity contribution in [3.8, 4) is 0 Å². The third-order valence-electron chi connectivity index (χ3n) is 1.44. The van der Waals surface area contributed by atoms with Crippen molar-refractivity contribution in [2.24, 2.45) is 10.9 Å². The molecule has 0 N–H and O–H groups in total. The predicted octanol–water partition coefficient (Wildman–Crippen LogP) is 2.92. The molecule has 13 heavy (non-hydrogen) atoms. The molecule has 1 rings (SSSR count). The topological polar surface area (TPSA) is 25.2 Å². The third-order valence-corrected chi connectivity index (χ3v) is 1.91. The Kier molecular flexibility index (Phi) is 4.09. The molecule has 0 radical (unpaired) electrons. The number of nitrogens with zero attached hydrogens (tertiary/aromatic N) is 2. The Morgan fingerprint density at radius 1 is 1.54 bits per heavy atom. The van der Waals surface area contributed by atoms with Gasteiger partial charge in [-0.15, -0.1) is 0 Å². The Balaban J connectivity index is 2.54. The van der Waals surface area contributed by atoms with Gasteiger partial charge >= 0.3 is 0 Å². The maximum absolute atomic E-state index is 4.27. The molecule has 0 bridgehead atoms. The second kappa shape index (κ2) is 5.12. The lowest BCUT2D eigenvalue weighted by atomic mass is 10.2. The summed E-state index contributed by atoms with van der Waals surface area (Å²) in [4.78, 5) is 8.45. The molecule has 3 heteroatoms. The maximum atomic E-state index is 4.27. The standard InChI is InChI=1S/C10H13BrN2/c1-8(2)5-12-7-10-4-3-9(11)6-13-10/h3-4,6-8H,5H2,1-2H3. The first-order valence-corrected chi connectivity index (χ1v) is 5.09. The summed E-state index contributed by atoms with van der Waals surface area (Å²) in [6.07, 6.45) is 3.59. The quantitative estimate of drug-likeness (QED) is 0.747. The molecule has 0 unspecified atom stereocenters. The van der Waals surface area contributed by atoms with Crippen LogP contribution in [0.5, 0.6) is 0 Å². The van der Waals surface area contributed by atoms with E-state index in [0.717, 1.165) is 16.7 Å². The summed E-state index contributed by atoms with van der Waals surface area (Å²) in [6.45, 7) is 5.15. The van der Waals surface area contributed by atoms with Crippen LogP contribution in [0.25, 0.3) is 0 Å². The number of pyridine rings is 1. The number of halogens is 1. The molecule has 1 aromatic heterocycles. The third kappa shape index (κ3) is 4.18. The van der Waals surface area contributed by atoms with E-state index in [1.165, 1.54) is 0 Å². The van der Waals surface area contributed by atoms with Gasteiger partial charge in [0.2, 0.25) is 0 Å². The van der Waals surface area contributed by atoms with Crippen molar-refractivity contribution >= 4 is 22.1 Å². The zero-order valence-corrected chi connectivity index (χ0v) is 9.45. The molecule has 0 saturated heterocycles. The van der Waals surface area contributed by atoms with Gasteiger partial charge in [0.15, 0.2) is 0 Å². The van der Waals surface area contributed by atoms with Crippen molar-refractivity contribution in [1.29, 1.82) is 0 Å². The maximum Gasteiger partial charge on any atom is 0.0808 e. The first-order valence-electron chi connectivity index (χ1n) is 4.30. The fraction of sp³-hybridized carbons (Fsp3) is 0.400. The Morgan fingerprint density at radius 2 is 2.31 bits per heavy atom. The van der Waals surface area contributed by atoms with E-state index in [2.05, 4.69) is 39.8 Å². The average molecular weight is 241 g/mol. The lowest BCUT2D eigenvalue weighted by Gasteiger charge is -1.96. The minimum absolute atomic E-state index is 0.603. The van der Waals surface area contributed by atoms with Crippen LogP contribution in [-0.4, -0.2) is 17.7 Å². The van der Waals surface area contributed by atoms with Gasteiger partial charge < -0.3 is 0 Å². The SMILES string of the molecule is CC(C)CN=Cc1ccc(Br)cn1. The highest BCUT2D eigenvalue weighted by atomic mass is 79.9. The highest BCUT2D eigenvalue weighted by Crippen LogP contribution is 2.06. The van der Waals surface area contributed by atoms with Gasteiger partial charge in [0.1, 0.15) is 0 Å². The first kappa shape index (κ1) is 10.4. The Morgan fingerprint density at radius 3 is 2.85 bits per heavy atom. The van der Waals surface area contributed by atoms with Crippen LogP contribution in [0.1, 0.15) is 19.5 Å². The van der Waals surface area contributed by atoms with Crippen LogP contribution in [0.15, 0.2) is 27.8 Å². The zero-order chi connectivity index (χ0) is 9.68. The molecule has 1 aromatic rings. The molecule has 70 valence electrons. The number of hydrogen-bond donors (Lipinski definition) is 0. The summed E-state index contributed by atoms with van der Waals surface area (Å²) in [5, 5.41) is 0. The van der Waals surface area contributed by atoms with E-state index < -0.39 is 0 Å². The van der Waals surface area contributed by atoms with Gasteiger partial charge in [0.05, 0.1) is 5.69 Å². The molecular formula is C10H13BrN2. The van der Waals surface area contributed by atoms with E-state index in [9.17, 15) is 0 Å². The van der Waals surface area contributed by atoms with Crippen molar-refractivity contribution < 1.29 is 0 Å². The number of rotatable bonds is 3. The molecule has 1 heterocycles. The van der Waals surface area contributed by atoms with Gasteiger partial charge in [-0.1, -0.05) is 13.8 Å². The highest BCUT2D eigenvalue weighted by Gasteiger charge is 1.91. The molecule has 0 atom stereocenters. The molecule has 0 aromatic carbocycles. The van der Waals surface area contributed by atoms with Crippen molar-refractivity contribution in [2.75, 3.05) is 6.54 Å². The summed E-state index contributed by atoms with van der Waals surface area (Å²) < 4.78 is 0.994. The summed E-state index contributed by atoms with van der Waals surface area (Å²) in [7, 11) is 0. The summed E-state index contributed by atoms with van der Waals surface area (Å²) in [5.74, 6) is 0.603. The fourth-order valence-electron chi connectivity index (χ4n) is 0.821. The van der Waals surface area contributed by atoms with Gasteiger partial charge in [-0.2, -0.15) is 0 Å². The van der Waals surface area contributed by atoms with E-state index in [-0.39, 0.29) is 0 Å². The molecule has 2 nitrogen and oxygen atoms in total. The van der Waals surface area contributed by atoms with E-state index in [1.54, 1.807) is 6.20 Å². The number of hydrogen-bond acceptors (Lipinski definition) is 2. The second-order valence-electron chi connectivity index (χ2n) is 3.29. The summed E-state index contributed by atoms with van der Waals surface area (Å²) >= 11 is 3.33. The smallest absolute Gasteiger partial charge is 0.0808 e. The summed E-state index contributed by atoms with van der Waals surface area (Å²) in [5.41, 5.74) is 0.906. The number of aliphatic imine (C=N–C) groups is 1. The molecule has 0 aliphatic heterocycles. The monoisotopic (exact) mass is 240 g/mol. The van der Waals surface area contributed by atoms with Crippen LogP contribution < -0.4 is 0 Å². The van der Waals surface area contributed by atoms with E-state index in [0.29, 0.717) is 5.92 Å². The van der Waals surface area contributed by atoms with Gasteiger partial charge in [-0.3, -0.25) is 9.98 Å². The van der Waals surface area contributed by atoms with Gasteiger partial charge in [-0.25, -0.2) is 0 Å². The molecule has 0 aliphatic carbocycles. The van der Waals surface area contributed by atoms with E-state index in [4.69, 9.17) is 0 Å². The Hall–Kier alpha value is -0.700. The van der Waals surface area contributed by atoms with Crippen molar-refractivity contribution in [2.45, 2.75) is 13.8 Å². The van der Waals surface area contributed by atoms with Crippen LogP contribution in [0.2, 0.25) is 0 Å². The zero-order valence-electron chi connectivity index (χ0n) is 7.87. The van der Waals surface area contributed by atoms with Crippen LogP contribution in [0, 0.1) is 5.92 Å². The molecular weight excluding hydrogens is 228 g/mol. The Labute approximate surface area is 87.2 Å².